The highest BCUT2D eigenvalue weighted by Crippen LogP contribution is 2.30. The number of hydrogen-bond acceptors (Lipinski definition) is 1. The zero-order valence-corrected chi connectivity index (χ0v) is 10.9. The third-order valence-corrected chi connectivity index (χ3v) is 2.49. The summed E-state index contributed by atoms with van der Waals surface area (Å²) in [5.74, 6) is 0.181. The Morgan fingerprint density at radius 3 is 2.65 bits per heavy atom. The molecule has 0 aromatic heterocycles. The first-order chi connectivity index (χ1) is 7.92. The fourth-order valence-corrected chi connectivity index (χ4v) is 1.60. The Morgan fingerprint density at radius 1 is 1.35 bits per heavy atom. The van der Waals surface area contributed by atoms with Crippen LogP contribution in [0.4, 0.5) is 13.2 Å². The number of benzene rings is 1. The SMILES string of the molecule is FC(F)(F)Oc1cc(Br)ccc1C=CCCCl. The number of halogens is 5. The highest BCUT2D eigenvalue weighted by molar-refractivity contribution is 9.10. The summed E-state index contributed by atoms with van der Waals surface area (Å²) in [7, 11) is 0. The second-order valence-electron chi connectivity index (χ2n) is 3.11. The summed E-state index contributed by atoms with van der Waals surface area (Å²) in [6.07, 6.45) is -0.867. The zero-order valence-electron chi connectivity index (χ0n) is 8.60. The van der Waals surface area contributed by atoms with Crippen molar-refractivity contribution in [3.05, 3.63) is 34.3 Å². The van der Waals surface area contributed by atoms with Crippen LogP contribution >= 0.6 is 27.5 Å². The molecule has 0 atom stereocenters. The molecule has 0 aliphatic rings. The lowest BCUT2D eigenvalue weighted by molar-refractivity contribution is -0.274. The average Bonchev–Trinajstić information content (AvgIpc) is 2.19. The molecule has 0 saturated carbocycles. The first-order valence-electron chi connectivity index (χ1n) is 4.70. The summed E-state index contributed by atoms with van der Waals surface area (Å²) < 4.78 is 40.9. The van der Waals surface area contributed by atoms with Gasteiger partial charge in [-0.15, -0.1) is 24.8 Å². The number of alkyl halides is 4. The Labute approximate surface area is 110 Å². The lowest BCUT2D eigenvalue weighted by Gasteiger charge is -2.11. The smallest absolute Gasteiger partial charge is 0.405 e. The Hall–Kier alpha value is -0.680. The van der Waals surface area contributed by atoms with E-state index in [-0.39, 0.29) is 5.75 Å². The van der Waals surface area contributed by atoms with Crippen molar-refractivity contribution in [2.45, 2.75) is 12.8 Å². The van der Waals surface area contributed by atoms with Gasteiger partial charge in [-0.05, 0) is 18.6 Å². The number of hydrogen-bond donors (Lipinski definition) is 0. The van der Waals surface area contributed by atoms with Crippen molar-refractivity contribution >= 4 is 33.6 Å². The van der Waals surface area contributed by atoms with Gasteiger partial charge in [-0.1, -0.05) is 34.1 Å². The van der Waals surface area contributed by atoms with Crippen LogP contribution in [0, 0.1) is 0 Å². The van der Waals surface area contributed by atoms with Crippen LogP contribution in [0.2, 0.25) is 0 Å². The molecule has 0 aliphatic heterocycles. The molecule has 1 rings (SSSR count). The molecule has 1 aromatic rings. The van der Waals surface area contributed by atoms with E-state index in [0.717, 1.165) is 0 Å². The van der Waals surface area contributed by atoms with Crippen molar-refractivity contribution < 1.29 is 17.9 Å². The standard InChI is InChI=1S/C11H9BrClF3O/c12-9-5-4-8(3-1-2-6-13)10(7-9)17-11(14,15)16/h1,3-5,7H,2,6H2. The summed E-state index contributed by atoms with van der Waals surface area (Å²) in [5, 5.41) is 0. The predicted octanol–water partition coefficient (Wildman–Crippen LogP) is 4.99. The van der Waals surface area contributed by atoms with Crippen LogP contribution in [0.1, 0.15) is 12.0 Å². The highest BCUT2D eigenvalue weighted by Gasteiger charge is 2.31. The molecule has 0 unspecified atom stereocenters. The van der Waals surface area contributed by atoms with Crippen molar-refractivity contribution in [3.8, 4) is 5.75 Å². The number of ether oxygens (including phenoxy) is 1. The average molecular weight is 330 g/mol. The summed E-state index contributed by atoms with van der Waals surface area (Å²) in [6, 6.07) is 4.45. The quantitative estimate of drug-likeness (QED) is 0.707. The van der Waals surface area contributed by atoms with Crippen molar-refractivity contribution in [2.24, 2.45) is 0 Å². The molecule has 0 saturated heterocycles. The van der Waals surface area contributed by atoms with Crippen LogP contribution < -0.4 is 4.74 Å². The molecule has 94 valence electrons. The van der Waals surface area contributed by atoms with Crippen LogP contribution in [-0.2, 0) is 0 Å². The van der Waals surface area contributed by atoms with Gasteiger partial charge in [0.25, 0.3) is 0 Å². The molecule has 6 heteroatoms. The van der Waals surface area contributed by atoms with Gasteiger partial charge >= 0.3 is 6.36 Å². The molecule has 1 aromatic carbocycles. The summed E-state index contributed by atoms with van der Waals surface area (Å²) >= 11 is 8.56. The van der Waals surface area contributed by atoms with E-state index in [2.05, 4.69) is 20.7 Å². The van der Waals surface area contributed by atoms with Gasteiger partial charge in [-0.25, -0.2) is 0 Å². The van der Waals surface area contributed by atoms with Gasteiger partial charge in [0.15, 0.2) is 0 Å². The van der Waals surface area contributed by atoms with Gasteiger partial charge in [0.2, 0.25) is 0 Å². The Kier molecular flexibility index (Phi) is 5.33. The third kappa shape index (κ3) is 5.46. The van der Waals surface area contributed by atoms with Gasteiger partial charge in [-0.2, -0.15) is 0 Å². The van der Waals surface area contributed by atoms with E-state index in [1.807, 2.05) is 0 Å². The van der Waals surface area contributed by atoms with Gasteiger partial charge in [0, 0.05) is 15.9 Å². The summed E-state index contributed by atoms with van der Waals surface area (Å²) in [6.45, 7) is 0. The molecule has 0 aliphatic carbocycles. The normalized spacial score (nSPS) is 12.1. The zero-order chi connectivity index (χ0) is 12.9. The Morgan fingerprint density at radius 2 is 2.06 bits per heavy atom. The maximum Gasteiger partial charge on any atom is 0.573 e. The monoisotopic (exact) mass is 328 g/mol. The molecular weight excluding hydrogens is 320 g/mol. The molecule has 0 spiro atoms. The fraction of sp³-hybridized carbons (Fsp3) is 0.273. The molecule has 0 radical (unpaired) electrons. The fourth-order valence-electron chi connectivity index (χ4n) is 1.13. The molecule has 17 heavy (non-hydrogen) atoms. The van der Waals surface area contributed by atoms with E-state index in [0.29, 0.717) is 22.3 Å². The van der Waals surface area contributed by atoms with Crippen LogP contribution in [0.25, 0.3) is 6.08 Å². The first-order valence-corrected chi connectivity index (χ1v) is 6.03. The lowest BCUT2D eigenvalue weighted by Crippen LogP contribution is -2.17. The van der Waals surface area contributed by atoms with E-state index >= 15 is 0 Å². The topological polar surface area (TPSA) is 9.23 Å². The largest absolute Gasteiger partial charge is 0.573 e. The molecule has 0 bridgehead atoms. The van der Waals surface area contributed by atoms with Crippen LogP contribution in [0.15, 0.2) is 28.7 Å². The Bertz CT molecular complexity index is 404. The van der Waals surface area contributed by atoms with Crippen molar-refractivity contribution in [3.63, 3.8) is 0 Å². The second-order valence-corrected chi connectivity index (χ2v) is 4.40. The maximum absolute atomic E-state index is 12.2. The molecule has 0 N–H and O–H groups in total. The summed E-state index contributed by atoms with van der Waals surface area (Å²) in [5.41, 5.74) is 0.357. The van der Waals surface area contributed by atoms with Crippen LogP contribution in [0.3, 0.4) is 0 Å². The highest BCUT2D eigenvalue weighted by atomic mass is 79.9. The molecule has 1 nitrogen and oxygen atoms in total. The number of allylic oxidation sites excluding steroid dienone is 1. The third-order valence-electron chi connectivity index (χ3n) is 1.77. The minimum Gasteiger partial charge on any atom is -0.405 e. The van der Waals surface area contributed by atoms with Crippen molar-refractivity contribution in [2.75, 3.05) is 5.88 Å². The van der Waals surface area contributed by atoms with Gasteiger partial charge in [-0.3, -0.25) is 0 Å². The number of rotatable bonds is 4. The van der Waals surface area contributed by atoms with E-state index in [9.17, 15) is 13.2 Å². The molecule has 0 heterocycles. The van der Waals surface area contributed by atoms with Crippen molar-refractivity contribution in [1.82, 2.24) is 0 Å². The second kappa shape index (κ2) is 6.31. The van der Waals surface area contributed by atoms with Gasteiger partial charge in [0.05, 0.1) is 0 Å². The predicted molar refractivity (Wildman–Crippen MR) is 65.2 cm³/mol. The van der Waals surface area contributed by atoms with E-state index in [1.54, 1.807) is 18.2 Å². The van der Waals surface area contributed by atoms with E-state index in [1.165, 1.54) is 12.1 Å². The van der Waals surface area contributed by atoms with E-state index in [4.69, 9.17) is 11.6 Å². The minimum atomic E-state index is -4.70. The van der Waals surface area contributed by atoms with Gasteiger partial charge < -0.3 is 4.74 Å². The minimum absolute atomic E-state index is 0.238. The van der Waals surface area contributed by atoms with Crippen LogP contribution in [0.5, 0.6) is 5.75 Å². The molecule has 0 amide bonds. The van der Waals surface area contributed by atoms with Crippen molar-refractivity contribution in [1.29, 1.82) is 0 Å². The maximum atomic E-state index is 12.2. The van der Waals surface area contributed by atoms with Crippen LogP contribution in [-0.4, -0.2) is 12.2 Å². The lowest BCUT2D eigenvalue weighted by atomic mass is 10.2. The van der Waals surface area contributed by atoms with Gasteiger partial charge in [0.1, 0.15) is 5.75 Å². The Balaban J connectivity index is 2.95. The molecule has 0 fully saturated rings. The van der Waals surface area contributed by atoms with E-state index < -0.39 is 6.36 Å². The summed E-state index contributed by atoms with van der Waals surface area (Å²) in [4.78, 5) is 0. The molecular formula is C11H9BrClF3O. The first kappa shape index (κ1) is 14.4.